The number of Topliss-reactive ketones (excluding diaryl/α,β-unsaturated/α-hetero) is 1. The second kappa shape index (κ2) is 9.18. The molecule has 4 heterocycles. The lowest BCUT2D eigenvalue weighted by Gasteiger charge is -2.30. The van der Waals surface area contributed by atoms with E-state index < -0.39 is 5.63 Å². The van der Waals surface area contributed by atoms with Crippen LogP contribution in [0, 0.1) is 0 Å². The summed E-state index contributed by atoms with van der Waals surface area (Å²) in [6, 6.07) is 15.5. The van der Waals surface area contributed by atoms with Crippen LogP contribution in [-0.2, 0) is 11.8 Å². The van der Waals surface area contributed by atoms with Crippen LogP contribution in [0.15, 0.2) is 70.1 Å². The molecule has 0 aliphatic carbocycles. The van der Waals surface area contributed by atoms with Crippen molar-refractivity contribution in [1.29, 1.82) is 0 Å². The zero-order valence-corrected chi connectivity index (χ0v) is 20.5. The molecule has 6 rings (SSSR count). The number of morpholine rings is 1. The molecule has 0 bridgehead atoms. The van der Waals surface area contributed by atoms with Gasteiger partial charge in [-0.1, -0.05) is 18.2 Å². The fraction of sp³-hybridized carbons (Fsp3) is 0.214. The van der Waals surface area contributed by atoms with Gasteiger partial charge in [-0.05, 0) is 31.2 Å². The van der Waals surface area contributed by atoms with Gasteiger partial charge in [0, 0.05) is 66.1 Å². The smallest absolute Gasteiger partial charge is 0.349 e. The molecule has 1 aliphatic heterocycles. The number of benzene rings is 2. The molecule has 0 unspecified atom stereocenters. The van der Waals surface area contributed by atoms with E-state index in [9.17, 15) is 9.59 Å². The van der Waals surface area contributed by atoms with Crippen molar-refractivity contribution in [3.05, 3.63) is 76.9 Å². The van der Waals surface area contributed by atoms with Gasteiger partial charge in [-0.15, -0.1) is 0 Å². The number of ether oxygens (including phenoxy) is 1. The predicted octanol–water partition coefficient (Wildman–Crippen LogP) is 4.52. The lowest BCUT2D eigenvalue weighted by molar-refractivity contribution is 0.101. The highest BCUT2D eigenvalue weighted by atomic mass is 16.5. The van der Waals surface area contributed by atoms with Crippen LogP contribution in [0.25, 0.3) is 33.1 Å². The maximum Gasteiger partial charge on any atom is 0.349 e. The number of carbonyl (C=O) groups excluding carboxylic acids is 1. The molecule has 3 aromatic heterocycles. The Labute approximate surface area is 212 Å². The average Bonchev–Trinajstić information content (AvgIpc) is 3.25. The molecule has 0 radical (unpaired) electrons. The van der Waals surface area contributed by atoms with E-state index in [0.29, 0.717) is 54.6 Å². The SMILES string of the molecule is CC(=O)c1c(N2CCOCC2)c2ccc(Nc3nccc(-c4cn(C)c5ccccc45)n3)cc2oc1=O. The van der Waals surface area contributed by atoms with Crippen molar-refractivity contribution in [2.75, 3.05) is 36.5 Å². The Bertz CT molecular complexity index is 1720. The molecular formula is C28H25N5O4. The van der Waals surface area contributed by atoms with Crippen molar-refractivity contribution in [1.82, 2.24) is 14.5 Å². The van der Waals surface area contributed by atoms with Crippen molar-refractivity contribution >= 4 is 45.0 Å². The van der Waals surface area contributed by atoms with Crippen LogP contribution in [0.5, 0.6) is 0 Å². The van der Waals surface area contributed by atoms with Gasteiger partial charge in [0.15, 0.2) is 5.78 Å². The summed E-state index contributed by atoms with van der Waals surface area (Å²) in [5.41, 5.74) is 4.00. The number of aromatic nitrogens is 3. The van der Waals surface area contributed by atoms with Crippen molar-refractivity contribution < 1.29 is 13.9 Å². The molecule has 0 atom stereocenters. The highest BCUT2D eigenvalue weighted by Gasteiger charge is 2.24. The molecular weight excluding hydrogens is 470 g/mol. The van der Waals surface area contributed by atoms with Crippen LogP contribution in [0.4, 0.5) is 17.3 Å². The van der Waals surface area contributed by atoms with Crippen LogP contribution < -0.4 is 15.8 Å². The van der Waals surface area contributed by atoms with E-state index in [1.165, 1.54) is 6.92 Å². The van der Waals surface area contributed by atoms with Gasteiger partial charge in [0.05, 0.1) is 24.6 Å². The van der Waals surface area contributed by atoms with Gasteiger partial charge in [0.25, 0.3) is 0 Å². The van der Waals surface area contributed by atoms with E-state index in [4.69, 9.17) is 14.1 Å². The number of carbonyl (C=O) groups is 1. The third-order valence-electron chi connectivity index (χ3n) is 6.64. The molecule has 186 valence electrons. The molecule has 9 nitrogen and oxygen atoms in total. The molecule has 1 aliphatic rings. The summed E-state index contributed by atoms with van der Waals surface area (Å²) in [4.78, 5) is 36.3. The Morgan fingerprint density at radius 1 is 1.05 bits per heavy atom. The zero-order valence-electron chi connectivity index (χ0n) is 20.5. The third-order valence-corrected chi connectivity index (χ3v) is 6.64. The molecule has 0 amide bonds. The Hall–Kier alpha value is -4.50. The number of hydrogen-bond donors (Lipinski definition) is 1. The number of anilines is 3. The number of fused-ring (bicyclic) bond motifs is 2. The maximum atomic E-state index is 12.8. The molecule has 1 fully saturated rings. The predicted molar refractivity (Wildman–Crippen MR) is 143 cm³/mol. The molecule has 1 saturated heterocycles. The van der Waals surface area contributed by atoms with Crippen molar-refractivity contribution in [2.45, 2.75) is 6.92 Å². The van der Waals surface area contributed by atoms with E-state index in [-0.39, 0.29) is 11.3 Å². The van der Waals surface area contributed by atoms with Gasteiger partial charge < -0.3 is 23.9 Å². The average molecular weight is 496 g/mol. The van der Waals surface area contributed by atoms with Crippen LogP contribution in [0.1, 0.15) is 17.3 Å². The Kier molecular flexibility index (Phi) is 5.69. The summed E-state index contributed by atoms with van der Waals surface area (Å²) in [6.45, 7) is 3.63. The first-order valence-electron chi connectivity index (χ1n) is 12.1. The van der Waals surface area contributed by atoms with Crippen LogP contribution >= 0.6 is 0 Å². The Balaban J connectivity index is 1.38. The van der Waals surface area contributed by atoms with E-state index in [2.05, 4.69) is 33.2 Å². The van der Waals surface area contributed by atoms with E-state index in [1.54, 1.807) is 12.3 Å². The largest absolute Gasteiger partial charge is 0.422 e. The summed E-state index contributed by atoms with van der Waals surface area (Å²) in [6.07, 6.45) is 3.77. The highest BCUT2D eigenvalue weighted by Crippen LogP contribution is 2.33. The molecule has 1 N–H and O–H groups in total. The third kappa shape index (κ3) is 4.13. The number of para-hydroxylation sites is 1. The van der Waals surface area contributed by atoms with E-state index in [0.717, 1.165) is 22.2 Å². The van der Waals surface area contributed by atoms with Crippen LogP contribution in [-0.4, -0.2) is 46.6 Å². The summed E-state index contributed by atoms with van der Waals surface area (Å²) < 4.78 is 13.1. The topological polar surface area (TPSA) is 102 Å². The molecule has 5 aromatic rings. The molecule has 9 heteroatoms. The quantitative estimate of drug-likeness (QED) is 0.280. The Morgan fingerprint density at radius 2 is 1.86 bits per heavy atom. The van der Waals surface area contributed by atoms with Crippen molar-refractivity contribution in [3.8, 4) is 11.3 Å². The number of hydrogen-bond acceptors (Lipinski definition) is 8. The number of rotatable bonds is 5. The summed E-state index contributed by atoms with van der Waals surface area (Å²) in [5.74, 6) is 0.0962. The van der Waals surface area contributed by atoms with Gasteiger partial charge in [-0.25, -0.2) is 14.8 Å². The number of aryl methyl sites for hydroxylation is 1. The monoisotopic (exact) mass is 495 g/mol. The zero-order chi connectivity index (χ0) is 25.5. The number of nitrogens with one attached hydrogen (secondary N) is 1. The van der Waals surface area contributed by atoms with Crippen molar-refractivity contribution in [2.24, 2.45) is 7.05 Å². The molecule has 0 spiro atoms. The normalized spacial score (nSPS) is 13.8. The van der Waals surface area contributed by atoms with Crippen LogP contribution in [0.3, 0.4) is 0 Å². The lowest BCUT2D eigenvalue weighted by atomic mass is 10.1. The van der Waals surface area contributed by atoms with Gasteiger partial charge in [-0.3, -0.25) is 4.79 Å². The standard InChI is InChI=1S/C28H25N5O4/c1-17(34)25-26(33-11-13-36-14-12-33)20-8-7-18(15-24(20)37-27(25)35)30-28-29-10-9-22(31-28)21-16-32(2)23-6-4-3-5-19(21)23/h3-10,15-16H,11-14H2,1-2H3,(H,29,30,31). The van der Waals surface area contributed by atoms with Crippen LogP contribution in [0.2, 0.25) is 0 Å². The summed E-state index contributed by atoms with van der Waals surface area (Å²) in [7, 11) is 2.01. The number of nitrogens with zero attached hydrogens (tertiary/aromatic N) is 4. The van der Waals surface area contributed by atoms with Gasteiger partial charge in [0.2, 0.25) is 5.95 Å². The first-order chi connectivity index (χ1) is 18.0. The number of ketones is 1. The molecule has 2 aromatic carbocycles. The Morgan fingerprint density at radius 3 is 2.68 bits per heavy atom. The maximum absolute atomic E-state index is 12.8. The van der Waals surface area contributed by atoms with E-state index in [1.807, 2.05) is 42.3 Å². The van der Waals surface area contributed by atoms with Gasteiger partial charge in [-0.2, -0.15) is 0 Å². The highest BCUT2D eigenvalue weighted by molar-refractivity contribution is 6.07. The second-order valence-corrected chi connectivity index (χ2v) is 9.04. The minimum absolute atomic E-state index is 0.0706. The minimum atomic E-state index is -0.646. The lowest BCUT2D eigenvalue weighted by Crippen LogP contribution is -2.38. The summed E-state index contributed by atoms with van der Waals surface area (Å²) in [5, 5.41) is 5.03. The van der Waals surface area contributed by atoms with Crippen molar-refractivity contribution in [3.63, 3.8) is 0 Å². The van der Waals surface area contributed by atoms with E-state index >= 15 is 0 Å². The molecule has 37 heavy (non-hydrogen) atoms. The second-order valence-electron chi connectivity index (χ2n) is 9.04. The fourth-order valence-electron chi connectivity index (χ4n) is 4.93. The first-order valence-corrected chi connectivity index (χ1v) is 12.1. The van der Waals surface area contributed by atoms with Gasteiger partial charge in [0.1, 0.15) is 11.1 Å². The minimum Gasteiger partial charge on any atom is -0.422 e. The summed E-state index contributed by atoms with van der Waals surface area (Å²) >= 11 is 0. The van der Waals surface area contributed by atoms with Gasteiger partial charge >= 0.3 is 5.63 Å². The fourth-order valence-corrected chi connectivity index (χ4v) is 4.93. The first kappa shape index (κ1) is 22.9. The molecule has 0 saturated carbocycles.